The van der Waals surface area contributed by atoms with Gasteiger partial charge in [0.15, 0.2) is 32.4 Å². The third-order valence-corrected chi connectivity index (χ3v) is 5.99. The van der Waals surface area contributed by atoms with Crippen LogP contribution in [-0.4, -0.2) is 27.9 Å². The van der Waals surface area contributed by atoms with Gasteiger partial charge in [-0.1, -0.05) is 19.8 Å². The lowest BCUT2D eigenvalue weighted by Crippen LogP contribution is -2.33. The number of alkyl halides is 6. The number of pyridine rings is 1. The molecule has 1 aromatic heterocycles. The Labute approximate surface area is 166 Å². The normalized spacial score (nSPS) is 13.0. The van der Waals surface area contributed by atoms with E-state index in [1.807, 2.05) is 0 Å². The summed E-state index contributed by atoms with van der Waals surface area (Å²) in [4.78, 5) is 0. The molecule has 1 aromatic rings. The van der Waals surface area contributed by atoms with E-state index >= 15 is 0 Å². The van der Waals surface area contributed by atoms with E-state index in [1.54, 1.807) is 0 Å². The summed E-state index contributed by atoms with van der Waals surface area (Å²) in [6.45, 7) is 7.75. The Balaban J connectivity index is 0.000000541. The summed E-state index contributed by atoms with van der Waals surface area (Å²) in [6, 6.07) is 2.22. The van der Waals surface area contributed by atoms with Gasteiger partial charge in [0.25, 0.3) is 0 Å². The lowest BCUT2D eigenvalue weighted by Gasteiger charge is -2.22. The van der Waals surface area contributed by atoms with Crippen LogP contribution in [0.15, 0.2) is 18.5 Å². The van der Waals surface area contributed by atoms with Crippen molar-refractivity contribution in [1.29, 1.82) is 0 Å². The highest BCUT2D eigenvalue weighted by Crippen LogP contribution is 2.36. The third-order valence-electron chi connectivity index (χ3n) is 3.25. The SMILES string of the molecule is CCCCCC[n+]1cc(C)cc(C)c1.O=S(=O)([N-]S(=O)(=O)C(F)(F)F)C(F)(F)F. The zero-order valence-corrected chi connectivity index (χ0v) is 17.5. The molecular weight excluding hydrogens is 450 g/mol. The van der Waals surface area contributed by atoms with Gasteiger partial charge in [-0.05, 0) is 26.3 Å². The molecule has 0 unspecified atom stereocenters. The number of rotatable bonds is 7. The van der Waals surface area contributed by atoms with Crippen molar-refractivity contribution in [2.24, 2.45) is 0 Å². The molecule has 0 atom stereocenters. The van der Waals surface area contributed by atoms with Gasteiger partial charge in [0.05, 0.1) is 0 Å². The fraction of sp³-hybridized carbons (Fsp3) is 0.667. The quantitative estimate of drug-likeness (QED) is 0.338. The van der Waals surface area contributed by atoms with Crippen LogP contribution in [0.3, 0.4) is 0 Å². The fourth-order valence-corrected chi connectivity index (χ4v) is 3.77. The Hall–Kier alpha value is -1.41. The van der Waals surface area contributed by atoms with Crippen LogP contribution in [-0.2, 0) is 26.6 Å². The van der Waals surface area contributed by atoms with Gasteiger partial charge in [-0.25, -0.2) is 21.4 Å². The molecule has 1 heterocycles. The number of unbranched alkanes of at least 4 members (excludes halogenated alkanes) is 3. The van der Waals surface area contributed by atoms with Crippen molar-refractivity contribution >= 4 is 20.0 Å². The van der Waals surface area contributed by atoms with Crippen LogP contribution in [0.1, 0.15) is 43.7 Å². The van der Waals surface area contributed by atoms with Crippen LogP contribution >= 0.6 is 0 Å². The van der Waals surface area contributed by atoms with Gasteiger partial charge in [0.2, 0.25) is 0 Å². The average molecular weight is 472 g/mol. The summed E-state index contributed by atoms with van der Waals surface area (Å²) in [5, 5.41) is 0. The zero-order valence-electron chi connectivity index (χ0n) is 15.9. The summed E-state index contributed by atoms with van der Waals surface area (Å²) in [7, 11) is -13.4. The summed E-state index contributed by atoms with van der Waals surface area (Å²) >= 11 is 0. The molecule has 6 nitrogen and oxygen atoms in total. The first-order valence-corrected chi connectivity index (χ1v) is 11.1. The minimum atomic E-state index is -6.72. The molecule has 0 aliphatic rings. The van der Waals surface area contributed by atoms with Crippen molar-refractivity contribution in [3.63, 3.8) is 0 Å². The van der Waals surface area contributed by atoms with Crippen LogP contribution < -0.4 is 4.57 Å². The summed E-state index contributed by atoms with van der Waals surface area (Å²) < 4.78 is 112. The first kappa shape index (κ1) is 27.6. The molecule has 0 aliphatic heterocycles. The van der Waals surface area contributed by atoms with Crippen molar-refractivity contribution in [2.75, 3.05) is 0 Å². The van der Waals surface area contributed by atoms with Gasteiger partial charge >= 0.3 is 11.0 Å². The molecule has 0 saturated heterocycles. The molecular formula is C15H22F6N2O4S2. The molecule has 0 bridgehead atoms. The number of hydrogen-bond donors (Lipinski definition) is 0. The summed E-state index contributed by atoms with van der Waals surface area (Å²) in [5.41, 5.74) is -9.68. The Bertz CT molecular complexity index is 804. The van der Waals surface area contributed by atoms with Gasteiger partial charge in [-0.15, -0.1) is 0 Å². The van der Waals surface area contributed by atoms with Gasteiger partial charge < -0.3 is 4.13 Å². The summed E-state index contributed by atoms with van der Waals surface area (Å²) in [6.07, 6.45) is 9.82. The first-order valence-electron chi connectivity index (χ1n) is 8.27. The van der Waals surface area contributed by atoms with E-state index < -0.39 is 31.1 Å². The average Bonchev–Trinajstić information content (AvgIpc) is 2.48. The zero-order chi connectivity index (χ0) is 23.1. The molecule has 0 radical (unpaired) electrons. The number of nitrogens with zero attached hydrogens (tertiary/aromatic N) is 2. The Morgan fingerprint density at radius 1 is 0.828 bits per heavy atom. The molecule has 0 saturated carbocycles. The van der Waals surface area contributed by atoms with Gasteiger partial charge in [0, 0.05) is 17.5 Å². The van der Waals surface area contributed by atoms with E-state index in [1.165, 1.54) is 43.4 Å². The highest BCUT2D eigenvalue weighted by atomic mass is 32.3. The van der Waals surface area contributed by atoms with Crippen molar-refractivity contribution in [1.82, 2.24) is 0 Å². The standard InChI is InChI=1S/C13H22N.C2F6NO4S2/c1-4-5-6-7-8-14-10-12(2)9-13(3)11-14;3-1(4,5)14(10,11)9-15(12,13)2(6,7)8/h9-11H,4-8H2,1-3H3;/q+1;-1. The van der Waals surface area contributed by atoms with E-state index in [0.29, 0.717) is 0 Å². The minimum absolute atomic E-state index is 0.778. The maximum absolute atomic E-state index is 11.4. The smallest absolute Gasteiger partial charge is 0.421 e. The lowest BCUT2D eigenvalue weighted by atomic mass is 10.2. The second-order valence-corrected chi connectivity index (χ2v) is 9.53. The molecule has 0 amide bonds. The largest absolute Gasteiger partial charge is 0.480 e. The monoisotopic (exact) mass is 472 g/mol. The Kier molecular flexibility index (Phi) is 10.1. The van der Waals surface area contributed by atoms with Crippen LogP contribution in [0.2, 0.25) is 0 Å². The molecule has 0 fully saturated rings. The van der Waals surface area contributed by atoms with E-state index in [-0.39, 0.29) is 0 Å². The number of aryl methyl sites for hydroxylation is 3. The fourth-order valence-electron chi connectivity index (χ4n) is 2.06. The highest BCUT2D eigenvalue weighted by molar-refractivity contribution is 8.13. The van der Waals surface area contributed by atoms with Crippen molar-refractivity contribution in [2.45, 2.75) is 64.0 Å². The van der Waals surface area contributed by atoms with Crippen molar-refractivity contribution in [3.05, 3.63) is 33.7 Å². The molecule has 0 N–H and O–H groups in total. The molecule has 0 aromatic carbocycles. The van der Waals surface area contributed by atoms with Crippen LogP contribution in [0.4, 0.5) is 26.3 Å². The van der Waals surface area contributed by atoms with Gasteiger partial charge in [-0.2, -0.15) is 26.3 Å². The predicted molar refractivity (Wildman–Crippen MR) is 93.6 cm³/mol. The maximum atomic E-state index is 11.4. The molecule has 1 rings (SSSR count). The van der Waals surface area contributed by atoms with Crippen molar-refractivity contribution < 1.29 is 47.7 Å². The summed E-state index contributed by atoms with van der Waals surface area (Å²) in [5.74, 6) is 0. The number of sulfonamides is 2. The molecule has 170 valence electrons. The van der Waals surface area contributed by atoms with Crippen LogP contribution in [0.25, 0.3) is 4.13 Å². The van der Waals surface area contributed by atoms with Gasteiger partial charge in [0.1, 0.15) is 6.54 Å². The van der Waals surface area contributed by atoms with Crippen LogP contribution in [0, 0.1) is 13.8 Å². The third kappa shape index (κ3) is 9.76. The second-order valence-electron chi connectivity index (χ2n) is 6.11. The number of aromatic nitrogens is 1. The number of hydrogen-bond acceptors (Lipinski definition) is 4. The lowest BCUT2D eigenvalue weighted by molar-refractivity contribution is -0.698. The molecule has 0 spiro atoms. The molecule has 29 heavy (non-hydrogen) atoms. The Morgan fingerprint density at radius 2 is 1.24 bits per heavy atom. The Morgan fingerprint density at radius 3 is 1.59 bits per heavy atom. The van der Waals surface area contributed by atoms with E-state index in [0.717, 1.165) is 4.13 Å². The predicted octanol–water partition coefficient (Wildman–Crippen LogP) is 4.23. The van der Waals surface area contributed by atoms with E-state index in [9.17, 15) is 43.2 Å². The second kappa shape index (κ2) is 10.6. The maximum Gasteiger partial charge on any atom is 0.480 e. The van der Waals surface area contributed by atoms with Gasteiger partial charge in [-0.3, -0.25) is 0 Å². The topological polar surface area (TPSA) is 86.3 Å². The number of halogens is 6. The highest BCUT2D eigenvalue weighted by Gasteiger charge is 2.46. The van der Waals surface area contributed by atoms with E-state index in [2.05, 4.69) is 43.8 Å². The van der Waals surface area contributed by atoms with Crippen molar-refractivity contribution in [3.8, 4) is 0 Å². The van der Waals surface area contributed by atoms with Crippen LogP contribution in [0.5, 0.6) is 0 Å². The minimum Gasteiger partial charge on any atom is -0.421 e. The van der Waals surface area contributed by atoms with E-state index in [4.69, 9.17) is 0 Å². The first-order chi connectivity index (χ1) is 12.9. The molecule has 14 heteroatoms. The molecule has 0 aliphatic carbocycles.